The molecule has 4 fully saturated rings. The molecule has 244 valence electrons. The smallest absolute Gasteiger partial charge is 0.245 e. The molecule has 3 saturated heterocycles. The number of carbonyl (C=O) groups is 3. The van der Waals surface area contributed by atoms with Crippen molar-refractivity contribution in [2.24, 2.45) is 11.8 Å². The number of benzene rings is 1. The predicted octanol–water partition coefficient (Wildman–Crippen LogP) is 5.19. The first-order valence-corrected chi connectivity index (χ1v) is 17.3. The van der Waals surface area contributed by atoms with Crippen LogP contribution >= 0.6 is 11.6 Å². The van der Waals surface area contributed by atoms with Crippen molar-refractivity contribution in [1.82, 2.24) is 19.6 Å². The van der Waals surface area contributed by atoms with Gasteiger partial charge in [0.05, 0.1) is 25.2 Å². The molecule has 0 N–H and O–H groups in total. The van der Waals surface area contributed by atoms with Crippen molar-refractivity contribution in [3.05, 3.63) is 34.9 Å². The molecule has 1 aliphatic carbocycles. The van der Waals surface area contributed by atoms with Gasteiger partial charge < -0.3 is 19.4 Å². The minimum Gasteiger partial charge on any atom is -0.378 e. The highest BCUT2D eigenvalue weighted by Crippen LogP contribution is 2.40. The number of likely N-dealkylation sites (tertiary alicyclic amines) is 2. The van der Waals surface area contributed by atoms with Gasteiger partial charge in [0.25, 0.3) is 0 Å². The van der Waals surface area contributed by atoms with Crippen molar-refractivity contribution in [2.75, 3.05) is 45.9 Å². The average molecular weight is 629 g/mol. The highest BCUT2D eigenvalue weighted by Gasteiger charge is 2.50. The maximum absolute atomic E-state index is 14.8. The molecule has 0 radical (unpaired) electrons. The molecule has 0 bridgehead atoms. The Morgan fingerprint density at radius 2 is 1.59 bits per heavy atom. The summed E-state index contributed by atoms with van der Waals surface area (Å²) in [7, 11) is 0. The van der Waals surface area contributed by atoms with Gasteiger partial charge in [-0.1, -0.05) is 37.6 Å². The second kappa shape index (κ2) is 14.1. The normalized spacial score (nSPS) is 30.0. The first-order chi connectivity index (χ1) is 21.0. The molecule has 1 aromatic carbocycles. The number of ether oxygens (including phenoxy) is 1. The van der Waals surface area contributed by atoms with E-state index in [1.807, 2.05) is 41.0 Å². The van der Waals surface area contributed by atoms with Crippen molar-refractivity contribution in [3.63, 3.8) is 0 Å². The van der Waals surface area contributed by atoms with Gasteiger partial charge in [0.2, 0.25) is 17.7 Å². The van der Waals surface area contributed by atoms with Gasteiger partial charge in [0, 0.05) is 61.7 Å². The third kappa shape index (κ3) is 7.28. The van der Waals surface area contributed by atoms with E-state index in [0.717, 1.165) is 44.2 Å². The minimum atomic E-state index is -0.570. The zero-order chi connectivity index (χ0) is 31.6. The Morgan fingerprint density at radius 3 is 2.20 bits per heavy atom. The van der Waals surface area contributed by atoms with E-state index in [0.29, 0.717) is 63.2 Å². The van der Waals surface area contributed by atoms with Gasteiger partial charge in [-0.2, -0.15) is 0 Å². The first-order valence-electron chi connectivity index (χ1n) is 17.0. The van der Waals surface area contributed by atoms with Crippen LogP contribution in [0.2, 0.25) is 5.02 Å². The van der Waals surface area contributed by atoms with Gasteiger partial charge in [-0.05, 0) is 82.9 Å². The summed E-state index contributed by atoms with van der Waals surface area (Å²) in [6, 6.07) is 7.33. The number of hydrogen-bond donors (Lipinski definition) is 0. The summed E-state index contributed by atoms with van der Waals surface area (Å²) in [5.41, 5.74) is 1.000. The van der Waals surface area contributed by atoms with Gasteiger partial charge in [-0.3, -0.25) is 19.3 Å². The summed E-state index contributed by atoms with van der Waals surface area (Å²) in [4.78, 5) is 51.0. The Hall–Kier alpha value is -2.16. The quantitative estimate of drug-likeness (QED) is 0.416. The second-order valence-electron chi connectivity index (χ2n) is 14.6. The lowest BCUT2D eigenvalue weighted by molar-refractivity contribution is -0.148. The van der Waals surface area contributed by atoms with E-state index in [1.54, 1.807) is 0 Å². The second-order valence-corrected chi connectivity index (χ2v) is 15.1. The molecule has 44 heavy (non-hydrogen) atoms. The maximum Gasteiger partial charge on any atom is 0.245 e. The molecule has 3 aliphatic heterocycles. The molecule has 9 heteroatoms. The molecule has 4 aliphatic rings. The van der Waals surface area contributed by atoms with E-state index in [4.69, 9.17) is 16.3 Å². The molecule has 1 aromatic rings. The van der Waals surface area contributed by atoms with Crippen LogP contribution in [0.25, 0.3) is 0 Å². The van der Waals surface area contributed by atoms with Gasteiger partial charge >= 0.3 is 0 Å². The summed E-state index contributed by atoms with van der Waals surface area (Å²) >= 11 is 6.25. The Balaban J connectivity index is 1.47. The van der Waals surface area contributed by atoms with Crippen LogP contribution in [-0.4, -0.2) is 107 Å². The number of amides is 3. The lowest BCUT2D eigenvalue weighted by Crippen LogP contribution is -2.52. The molecule has 8 nitrogen and oxygen atoms in total. The van der Waals surface area contributed by atoms with E-state index < -0.39 is 6.04 Å². The number of morpholine rings is 1. The minimum absolute atomic E-state index is 0.00183. The van der Waals surface area contributed by atoms with Gasteiger partial charge in [-0.15, -0.1) is 0 Å². The predicted molar refractivity (Wildman–Crippen MR) is 173 cm³/mol. The average Bonchev–Trinajstić information content (AvgIpc) is 3.65. The van der Waals surface area contributed by atoms with Gasteiger partial charge in [-0.25, -0.2) is 0 Å². The SMILES string of the molecule is CCCC(=O)N(C1CCC(C)CC1)[C@H]1C[C@@H](C(=O)N2CCOCC2)N(C(=O)[C@@H]2CN(C(C)(C)C)C[C@H]2c2ccc(Cl)cc2)C1. The summed E-state index contributed by atoms with van der Waals surface area (Å²) < 4.78 is 5.55. The topological polar surface area (TPSA) is 73.4 Å². The van der Waals surface area contributed by atoms with Gasteiger partial charge in [0.1, 0.15) is 6.04 Å². The highest BCUT2D eigenvalue weighted by atomic mass is 35.5. The van der Waals surface area contributed by atoms with Crippen LogP contribution in [0.15, 0.2) is 24.3 Å². The fourth-order valence-electron chi connectivity index (χ4n) is 7.92. The van der Waals surface area contributed by atoms with Crippen LogP contribution in [-0.2, 0) is 19.1 Å². The Labute approximate surface area is 269 Å². The number of carbonyl (C=O) groups excluding carboxylic acids is 3. The van der Waals surface area contributed by atoms with Crippen molar-refractivity contribution in [2.45, 2.75) is 109 Å². The zero-order valence-corrected chi connectivity index (χ0v) is 28.2. The zero-order valence-electron chi connectivity index (χ0n) is 27.5. The molecular weight excluding hydrogens is 576 g/mol. The number of hydrogen-bond acceptors (Lipinski definition) is 5. The standard InChI is InChI=1S/C35H53ClN4O4/c1-6-7-32(41)40(27-14-8-24(2)9-15-27)28-20-31(34(43)37-16-18-44-19-17-37)39(21-28)33(42)30-23-38(35(3,4)5)22-29(30)25-10-12-26(36)13-11-25/h10-13,24,27-31H,6-9,14-23H2,1-5H3/t24?,27?,28-,29-,30+,31-/m0/s1. The lowest BCUT2D eigenvalue weighted by Gasteiger charge is -2.40. The van der Waals surface area contributed by atoms with Crippen molar-refractivity contribution in [1.29, 1.82) is 0 Å². The van der Waals surface area contributed by atoms with Crippen molar-refractivity contribution in [3.8, 4) is 0 Å². The summed E-state index contributed by atoms with van der Waals surface area (Å²) in [5.74, 6) is 0.579. The van der Waals surface area contributed by atoms with Gasteiger partial charge in [0.15, 0.2) is 0 Å². The summed E-state index contributed by atoms with van der Waals surface area (Å²) in [6.45, 7) is 14.8. The van der Waals surface area contributed by atoms with Crippen molar-refractivity contribution >= 4 is 29.3 Å². The van der Waals surface area contributed by atoms with Crippen molar-refractivity contribution < 1.29 is 19.1 Å². The van der Waals surface area contributed by atoms with E-state index >= 15 is 0 Å². The fourth-order valence-corrected chi connectivity index (χ4v) is 8.04. The van der Waals surface area contributed by atoms with Crippen LogP contribution in [0, 0.1) is 11.8 Å². The molecule has 0 aromatic heterocycles. The van der Waals surface area contributed by atoms with E-state index in [9.17, 15) is 14.4 Å². The van der Waals surface area contributed by atoms with Crippen LogP contribution in [0.4, 0.5) is 0 Å². The van der Waals surface area contributed by atoms with E-state index in [-0.39, 0.29) is 47.2 Å². The molecule has 0 spiro atoms. The van der Waals surface area contributed by atoms with Crippen LogP contribution in [0.3, 0.4) is 0 Å². The third-order valence-corrected chi connectivity index (χ3v) is 10.8. The monoisotopic (exact) mass is 628 g/mol. The van der Waals surface area contributed by atoms with E-state index in [2.05, 4.69) is 37.5 Å². The Bertz CT molecular complexity index is 1160. The molecular formula is C35H53ClN4O4. The largest absolute Gasteiger partial charge is 0.378 e. The molecule has 0 unspecified atom stereocenters. The fraction of sp³-hybridized carbons (Fsp3) is 0.743. The number of halogens is 1. The molecule has 3 heterocycles. The molecule has 1 saturated carbocycles. The Kier molecular flexibility index (Phi) is 10.6. The van der Waals surface area contributed by atoms with E-state index in [1.165, 1.54) is 0 Å². The molecule has 5 rings (SSSR count). The Morgan fingerprint density at radius 1 is 0.932 bits per heavy atom. The number of rotatable bonds is 7. The van der Waals surface area contributed by atoms with Crippen LogP contribution in [0.5, 0.6) is 0 Å². The van der Waals surface area contributed by atoms with Crippen LogP contribution in [0.1, 0.15) is 91.0 Å². The third-order valence-electron chi connectivity index (χ3n) is 10.6. The molecule has 3 amide bonds. The summed E-state index contributed by atoms with van der Waals surface area (Å²) in [5, 5.41) is 0.676. The number of nitrogens with zero attached hydrogens (tertiary/aromatic N) is 4. The lowest BCUT2D eigenvalue weighted by atomic mass is 9.85. The summed E-state index contributed by atoms with van der Waals surface area (Å²) in [6.07, 6.45) is 6.00. The van der Waals surface area contributed by atoms with Crippen LogP contribution < -0.4 is 0 Å². The maximum atomic E-state index is 14.8. The first kappa shape index (κ1) is 33.2. The highest BCUT2D eigenvalue weighted by molar-refractivity contribution is 6.30. The molecule has 4 atom stereocenters.